The molecule has 0 aliphatic heterocycles. The first kappa shape index (κ1) is 10.7. The summed E-state index contributed by atoms with van der Waals surface area (Å²) in [6, 6.07) is 6.85. The number of esters is 1. The van der Waals surface area contributed by atoms with Gasteiger partial charge in [-0.25, -0.2) is 0 Å². The van der Waals surface area contributed by atoms with Gasteiger partial charge in [-0.2, -0.15) is 0 Å². The molecule has 0 aromatic heterocycles. The third-order valence-corrected chi connectivity index (χ3v) is 1.63. The number of ether oxygens (including phenoxy) is 1. The largest absolute Gasteiger partial charge is 0.427 e. The topological polar surface area (TPSA) is 72.5 Å². The van der Waals surface area contributed by atoms with Gasteiger partial charge in [0.1, 0.15) is 12.0 Å². The maximum atomic E-state index is 10.6. The molecule has 0 bridgehead atoms. The minimum atomic E-state index is -0.852. The van der Waals surface area contributed by atoms with Crippen molar-refractivity contribution in [2.45, 2.75) is 19.6 Å². The lowest BCUT2D eigenvalue weighted by atomic mass is 10.1. The van der Waals surface area contributed by atoms with Crippen molar-refractivity contribution < 1.29 is 14.6 Å². The summed E-state index contributed by atoms with van der Waals surface area (Å²) in [6.45, 7) is 1.34. The molecule has 0 heterocycles. The van der Waals surface area contributed by atoms with E-state index in [1.54, 1.807) is 24.3 Å². The molecule has 1 unspecified atom stereocenters. The molecule has 0 aliphatic carbocycles. The number of carbonyl (C=O) groups excluding carboxylic acids is 1. The van der Waals surface area contributed by atoms with Crippen LogP contribution < -0.4 is 10.5 Å². The Balaban J connectivity index is 2.63. The predicted octanol–water partition coefficient (Wildman–Crippen LogP) is 0.432. The van der Waals surface area contributed by atoms with Crippen LogP contribution >= 0.6 is 0 Å². The molecule has 0 spiro atoms. The number of hydrogen-bond acceptors (Lipinski definition) is 4. The van der Waals surface area contributed by atoms with Crippen molar-refractivity contribution in [3.63, 3.8) is 0 Å². The van der Waals surface area contributed by atoms with E-state index in [2.05, 4.69) is 0 Å². The fourth-order valence-electron chi connectivity index (χ4n) is 1.10. The van der Waals surface area contributed by atoms with Crippen molar-refractivity contribution in [3.05, 3.63) is 29.8 Å². The summed E-state index contributed by atoms with van der Waals surface area (Å²) in [7, 11) is 0. The van der Waals surface area contributed by atoms with Crippen LogP contribution in [0.15, 0.2) is 24.3 Å². The number of nitrogens with two attached hydrogens (primary N) is 1. The minimum absolute atomic E-state index is 0.350. The molecule has 4 nitrogen and oxygen atoms in total. The predicted molar refractivity (Wildman–Crippen MR) is 51.6 cm³/mol. The molecular formula is C10H13NO3. The monoisotopic (exact) mass is 195 g/mol. The van der Waals surface area contributed by atoms with Crippen molar-refractivity contribution in [1.82, 2.24) is 0 Å². The van der Waals surface area contributed by atoms with Gasteiger partial charge in [0.2, 0.25) is 0 Å². The summed E-state index contributed by atoms with van der Waals surface area (Å²) in [5.41, 5.74) is 6.11. The van der Waals surface area contributed by atoms with Crippen LogP contribution in [0.25, 0.3) is 0 Å². The van der Waals surface area contributed by atoms with E-state index in [1.807, 2.05) is 0 Å². The van der Waals surface area contributed by atoms with Gasteiger partial charge in [0.05, 0.1) is 0 Å². The molecule has 76 valence electrons. The van der Waals surface area contributed by atoms with Crippen LogP contribution in [0, 0.1) is 0 Å². The Bertz CT molecular complexity index is 306. The third kappa shape index (κ3) is 3.55. The lowest BCUT2D eigenvalue weighted by molar-refractivity contribution is -0.131. The number of aliphatic hydroxyl groups excluding tert-OH is 1. The van der Waals surface area contributed by atoms with E-state index in [0.717, 1.165) is 5.56 Å². The summed E-state index contributed by atoms with van der Waals surface area (Å²) in [6.07, 6.45) is -0.463. The molecule has 0 saturated carbocycles. The summed E-state index contributed by atoms with van der Waals surface area (Å²) in [5, 5.41) is 8.91. The van der Waals surface area contributed by atoms with Crippen LogP contribution in [0.1, 0.15) is 12.5 Å². The molecule has 4 heteroatoms. The number of hydrogen-bond donors (Lipinski definition) is 2. The maximum absolute atomic E-state index is 10.6. The average molecular weight is 195 g/mol. The Hall–Kier alpha value is -1.39. The van der Waals surface area contributed by atoms with Gasteiger partial charge in [0.25, 0.3) is 0 Å². The van der Waals surface area contributed by atoms with Crippen molar-refractivity contribution in [1.29, 1.82) is 0 Å². The second kappa shape index (κ2) is 4.74. The molecule has 1 rings (SSSR count). The highest BCUT2D eigenvalue weighted by Gasteiger charge is 2.01. The van der Waals surface area contributed by atoms with Crippen LogP contribution in [0.3, 0.4) is 0 Å². The van der Waals surface area contributed by atoms with Crippen LogP contribution in [-0.4, -0.2) is 17.3 Å². The fourth-order valence-corrected chi connectivity index (χ4v) is 1.10. The van der Waals surface area contributed by atoms with E-state index in [4.69, 9.17) is 15.6 Å². The molecule has 0 fully saturated rings. The van der Waals surface area contributed by atoms with Gasteiger partial charge >= 0.3 is 5.97 Å². The van der Waals surface area contributed by atoms with E-state index < -0.39 is 6.23 Å². The summed E-state index contributed by atoms with van der Waals surface area (Å²) >= 11 is 0. The Kier molecular flexibility index (Phi) is 3.62. The molecule has 1 atom stereocenters. The average Bonchev–Trinajstić information content (AvgIpc) is 2.06. The fraction of sp³-hybridized carbons (Fsp3) is 0.300. The molecular weight excluding hydrogens is 182 g/mol. The smallest absolute Gasteiger partial charge is 0.308 e. The Labute approximate surface area is 82.3 Å². The number of rotatable bonds is 3. The van der Waals surface area contributed by atoms with Gasteiger partial charge in [-0.3, -0.25) is 4.79 Å². The highest BCUT2D eigenvalue weighted by atomic mass is 16.5. The molecule has 3 N–H and O–H groups in total. The van der Waals surface area contributed by atoms with E-state index >= 15 is 0 Å². The number of benzene rings is 1. The molecule has 0 radical (unpaired) electrons. The molecule has 0 saturated heterocycles. The Morgan fingerprint density at radius 2 is 2.07 bits per heavy atom. The summed E-state index contributed by atoms with van der Waals surface area (Å²) in [4.78, 5) is 10.6. The van der Waals surface area contributed by atoms with E-state index in [9.17, 15) is 4.79 Å². The van der Waals surface area contributed by atoms with Crippen molar-refractivity contribution in [3.8, 4) is 5.75 Å². The second-order valence-electron chi connectivity index (χ2n) is 3.01. The third-order valence-electron chi connectivity index (χ3n) is 1.63. The standard InChI is InChI=1S/C10H13NO3/c1-7(12)14-9-4-2-8(3-5-9)6-10(11)13/h2-5,10,13H,6,11H2,1H3. The molecule has 0 aliphatic rings. The highest BCUT2D eigenvalue weighted by molar-refractivity contribution is 5.69. The summed E-state index contributed by atoms with van der Waals surface area (Å²) < 4.78 is 4.84. The molecule has 1 aromatic rings. The lowest BCUT2D eigenvalue weighted by Crippen LogP contribution is -2.21. The quantitative estimate of drug-likeness (QED) is 0.417. The highest BCUT2D eigenvalue weighted by Crippen LogP contribution is 2.12. The van der Waals surface area contributed by atoms with Crippen molar-refractivity contribution >= 4 is 5.97 Å². The summed E-state index contributed by atoms with van der Waals surface area (Å²) in [5.74, 6) is 0.143. The molecule has 14 heavy (non-hydrogen) atoms. The van der Waals surface area contributed by atoms with Crippen LogP contribution in [0.2, 0.25) is 0 Å². The number of aliphatic hydroxyl groups is 1. The zero-order valence-electron chi connectivity index (χ0n) is 7.93. The van der Waals surface area contributed by atoms with Crippen LogP contribution in [0.4, 0.5) is 0 Å². The SMILES string of the molecule is CC(=O)Oc1ccc(CC(N)O)cc1. The first-order valence-corrected chi connectivity index (χ1v) is 4.29. The van der Waals surface area contributed by atoms with Crippen molar-refractivity contribution in [2.75, 3.05) is 0 Å². The van der Waals surface area contributed by atoms with E-state index in [0.29, 0.717) is 12.2 Å². The maximum Gasteiger partial charge on any atom is 0.308 e. The van der Waals surface area contributed by atoms with Gasteiger partial charge in [-0.1, -0.05) is 12.1 Å². The van der Waals surface area contributed by atoms with Gasteiger partial charge in [-0.05, 0) is 17.7 Å². The normalized spacial score (nSPS) is 12.2. The Morgan fingerprint density at radius 3 is 2.50 bits per heavy atom. The molecule has 1 aromatic carbocycles. The van der Waals surface area contributed by atoms with Gasteiger partial charge < -0.3 is 15.6 Å². The Morgan fingerprint density at radius 1 is 1.50 bits per heavy atom. The minimum Gasteiger partial charge on any atom is -0.427 e. The van der Waals surface area contributed by atoms with Crippen LogP contribution in [-0.2, 0) is 11.2 Å². The zero-order valence-corrected chi connectivity index (χ0v) is 7.93. The van der Waals surface area contributed by atoms with Crippen LogP contribution in [0.5, 0.6) is 5.75 Å². The zero-order chi connectivity index (χ0) is 10.6. The first-order chi connectivity index (χ1) is 6.58. The molecule has 0 amide bonds. The first-order valence-electron chi connectivity index (χ1n) is 4.29. The van der Waals surface area contributed by atoms with Gasteiger partial charge in [0.15, 0.2) is 0 Å². The lowest BCUT2D eigenvalue weighted by Gasteiger charge is -2.05. The van der Waals surface area contributed by atoms with Crippen molar-refractivity contribution in [2.24, 2.45) is 5.73 Å². The van der Waals surface area contributed by atoms with Gasteiger partial charge in [0, 0.05) is 13.3 Å². The number of carbonyl (C=O) groups is 1. The van der Waals surface area contributed by atoms with Gasteiger partial charge in [-0.15, -0.1) is 0 Å². The van der Waals surface area contributed by atoms with E-state index in [1.165, 1.54) is 6.92 Å². The second-order valence-corrected chi connectivity index (χ2v) is 3.01. The van der Waals surface area contributed by atoms with E-state index in [-0.39, 0.29) is 5.97 Å².